The van der Waals surface area contributed by atoms with E-state index in [1.54, 1.807) is 40.2 Å². The summed E-state index contributed by atoms with van der Waals surface area (Å²) in [5.74, 6) is -1.37. The number of carboxylic acids is 1. The molecule has 0 bridgehead atoms. The number of amides is 1. The molecular formula is C28H38N6O5. The summed E-state index contributed by atoms with van der Waals surface area (Å²) in [5.41, 5.74) is 0.783. The van der Waals surface area contributed by atoms with Crippen LogP contribution in [0.3, 0.4) is 0 Å². The number of hydrogen-bond donors (Lipinski definition) is 6. The van der Waals surface area contributed by atoms with Crippen molar-refractivity contribution < 1.29 is 24.5 Å². The van der Waals surface area contributed by atoms with Gasteiger partial charge in [0.05, 0.1) is 18.2 Å². The second kappa shape index (κ2) is 12.4. The highest BCUT2D eigenvalue weighted by atomic mass is 16.5. The number of ether oxygens (including phenoxy) is 1. The van der Waals surface area contributed by atoms with Gasteiger partial charge in [0.25, 0.3) is 5.91 Å². The monoisotopic (exact) mass is 538 g/mol. The van der Waals surface area contributed by atoms with Crippen LogP contribution in [0.25, 0.3) is 5.69 Å². The maximum atomic E-state index is 13.4. The molecule has 0 fully saturated rings. The van der Waals surface area contributed by atoms with Crippen LogP contribution in [0.1, 0.15) is 46.6 Å². The van der Waals surface area contributed by atoms with Crippen molar-refractivity contribution in [2.75, 3.05) is 27.7 Å². The van der Waals surface area contributed by atoms with Gasteiger partial charge in [0.1, 0.15) is 12.3 Å². The van der Waals surface area contributed by atoms with Crippen molar-refractivity contribution in [1.29, 1.82) is 0 Å². The van der Waals surface area contributed by atoms with Gasteiger partial charge < -0.3 is 20.3 Å². The highest BCUT2D eigenvalue weighted by Crippen LogP contribution is 2.26. The number of rotatable bonds is 13. The third-order valence-electron chi connectivity index (χ3n) is 7.29. The Morgan fingerprint density at radius 1 is 1.03 bits per heavy atom. The number of nitrogens with zero attached hydrogens (tertiary/aromatic N) is 2. The van der Waals surface area contributed by atoms with E-state index in [1.165, 1.54) is 10.7 Å². The van der Waals surface area contributed by atoms with E-state index in [9.17, 15) is 19.8 Å². The Morgan fingerprint density at radius 2 is 1.69 bits per heavy atom. The average Bonchev–Trinajstić information content (AvgIpc) is 3.37. The van der Waals surface area contributed by atoms with Crippen molar-refractivity contribution in [3.63, 3.8) is 0 Å². The number of benzene rings is 2. The third kappa shape index (κ3) is 6.45. The van der Waals surface area contributed by atoms with Gasteiger partial charge in [-0.15, -0.1) is 0 Å². The van der Waals surface area contributed by atoms with Crippen LogP contribution >= 0.6 is 0 Å². The molecule has 3 aromatic rings. The number of aliphatic hydroxyl groups is 1. The molecule has 0 saturated heterocycles. The van der Waals surface area contributed by atoms with Crippen LogP contribution in [0.15, 0.2) is 54.6 Å². The number of aromatic nitrogens is 2. The maximum Gasteiger partial charge on any atom is 0.305 e. The lowest BCUT2D eigenvalue weighted by Crippen LogP contribution is -2.74. The van der Waals surface area contributed by atoms with Crippen molar-refractivity contribution in [2.45, 2.75) is 44.6 Å². The van der Waals surface area contributed by atoms with Gasteiger partial charge in [0.2, 0.25) is 5.88 Å². The zero-order valence-corrected chi connectivity index (χ0v) is 23.2. The number of para-hydroxylation sites is 1. The molecule has 0 spiro atoms. The smallest absolute Gasteiger partial charge is 0.305 e. The fraction of sp³-hybridized carbons (Fsp3) is 0.393. The first-order chi connectivity index (χ1) is 18.5. The van der Waals surface area contributed by atoms with Gasteiger partial charge in [0, 0.05) is 6.07 Å². The van der Waals surface area contributed by atoms with E-state index in [0.717, 1.165) is 16.7 Å². The second-order valence-corrected chi connectivity index (χ2v) is 9.55. The largest absolute Gasteiger partial charge is 0.481 e. The van der Waals surface area contributed by atoms with Gasteiger partial charge in [0.15, 0.2) is 11.4 Å². The summed E-state index contributed by atoms with van der Waals surface area (Å²) in [7, 11) is 5.03. The summed E-state index contributed by atoms with van der Waals surface area (Å²) in [4.78, 5) is 25.0. The van der Waals surface area contributed by atoms with Gasteiger partial charge in [-0.25, -0.2) is 4.68 Å². The van der Waals surface area contributed by atoms with E-state index in [-0.39, 0.29) is 24.6 Å². The van der Waals surface area contributed by atoms with E-state index < -0.39 is 29.3 Å². The lowest BCUT2D eigenvalue weighted by atomic mass is 9.95. The first kappa shape index (κ1) is 29.8. The van der Waals surface area contributed by atoms with Crippen molar-refractivity contribution >= 4 is 11.9 Å². The summed E-state index contributed by atoms with van der Waals surface area (Å²) in [6, 6.07) is 15.4. The van der Waals surface area contributed by atoms with Crippen LogP contribution in [0, 0.1) is 13.8 Å². The molecule has 0 unspecified atom stereocenters. The molecule has 2 atom stereocenters. The van der Waals surface area contributed by atoms with Gasteiger partial charge >= 0.3 is 5.97 Å². The van der Waals surface area contributed by atoms with E-state index in [1.807, 2.05) is 50.2 Å². The number of likely N-dealkylation sites (N-methyl/N-ethyl adjacent to an activating group) is 3. The average molecular weight is 539 g/mol. The highest BCUT2D eigenvalue weighted by Gasteiger charge is 2.45. The molecule has 0 aliphatic rings. The van der Waals surface area contributed by atoms with Crippen LogP contribution in [0.4, 0.5) is 0 Å². The third-order valence-corrected chi connectivity index (χ3v) is 7.29. The number of aliphatic carboxylic acids is 1. The molecule has 6 N–H and O–H groups in total. The molecule has 2 aromatic carbocycles. The lowest BCUT2D eigenvalue weighted by molar-refractivity contribution is -0.137. The molecular weight excluding hydrogens is 500 g/mol. The fourth-order valence-corrected chi connectivity index (χ4v) is 4.31. The SMILES string of the molecule is CNC(C)(NC)[C@@](O)(COc1cc(C(=O)N[C@@H](CC(=O)O)c2cccc(C)c2C)nn1-c1ccccc1)NC. The molecule has 1 amide bonds. The molecule has 1 aromatic heterocycles. The Labute approximate surface area is 228 Å². The van der Waals surface area contributed by atoms with Gasteiger partial charge in [-0.05, 0) is 70.7 Å². The number of nitrogens with one attached hydrogen (secondary N) is 4. The number of carboxylic acid groups (broad SMARTS) is 1. The Kier molecular flexibility index (Phi) is 9.46. The minimum Gasteiger partial charge on any atom is -0.481 e. The predicted molar refractivity (Wildman–Crippen MR) is 148 cm³/mol. The van der Waals surface area contributed by atoms with Crippen LogP contribution in [0.5, 0.6) is 5.88 Å². The number of carbonyl (C=O) groups excluding carboxylic acids is 1. The Hall–Kier alpha value is -3.77. The maximum absolute atomic E-state index is 13.4. The Balaban J connectivity index is 1.96. The van der Waals surface area contributed by atoms with Gasteiger partial charge in [-0.3, -0.25) is 25.5 Å². The minimum absolute atomic E-state index is 0.0348. The molecule has 1 heterocycles. The normalized spacial score (nSPS) is 13.9. The zero-order chi connectivity index (χ0) is 28.8. The summed E-state index contributed by atoms with van der Waals surface area (Å²) in [5, 5.41) is 37.2. The molecule has 39 heavy (non-hydrogen) atoms. The van der Waals surface area contributed by atoms with Crippen molar-refractivity contribution in [3.8, 4) is 11.6 Å². The number of hydrogen-bond acceptors (Lipinski definition) is 8. The second-order valence-electron chi connectivity index (χ2n) is 9.55. The minimum atomic E-state index is -1.56. The number of carbonyl (C=O) groups is 2. The molecule has 0 saturated carbocycles. The summed E-state index contributed by atoms with van der Waals surface area (Å²) < 4.78 is 7.51. The lowest BCUT2D eigenvalue weighted by Gasteiger charge is -2.44. The molecule has 0 aliphatic carbocycles. The standard InChI is InChI=1S/C28H38N6O5/c1-18-11-10-14-21(19(18)2)22(16-25(35)36)32-26(37)23-15-24(34(33-23)20-12-8-7-9-13-20)39-17-28(38,31-6)27(3,29-4)30-5/h7-15,22,29-31,38H,16-17H2,1-6H3,(H,32,37)(H,35,36)/t22-,28-/m0/s1. The summed E-state index contributed by atoms with van der Waals surface area (Å²) >= 11 is 0. The quantitative estimate of drug-likeness (QED) is 0.179. The zero-order valence-electron chi connectivity index (χ0n) is 23.2. The van der Waals surface area contributed by atoms with Crippen molar-refractivity contribution in [1.82, 2.24) is 31.0 Å². The van der Waals surface area contributed by atoms with E-state index in [2.05, 4.69) is 26.4 Å². The van der Waals surface area contributed by atoms with Crippen LogP contribution in [-0.4, -0.2) is 71.0 Å². The first-order valence-electron chi connectivity index (χ1n) is 12.6. The molecule has 0 aliphatic heterocycles. The molecule has 210 valence electrons. The van der Waals surface area contributed by atoms with E-state index in [0.29, 0.717) is 5.69 Å². The molecule has 11 heteroatoms. The van der Waals surface area contributed by atoms with Crippen LogP contribution in [-0.2, 0) is 4.79 Å². The summed E-state index contributed by atoms with van der Waals surface area (Å²) in [6.07, 6.45) is -0.291. The summed E-state index contributed by atoms with van der Waals surface area (Å²) in [6.45, 7) is 5.40. The topological polar surface area (TPSA) is 150 Å². The number of aryl methyl sites for hydroxylation is 1. The van der Waals surface area contributed by atoms with Gasteiger partial charge in [-0.1, -0.05) is 36.4 Å². The van der Waals surface area contributed by atoms with Crippen LogP contribution < -0.4 is 26.0 Å². The van der Waals surface area contributed by atoms with Gasteiger partial charge in [-0.2, -0.15) is 5.10 Å². The Bertz CT molecular complexity index is 1290. The highest BCUT2D eigenvalue weighted by molar-refractivity contribution is 5.93. The van der Waals surface area contributed by atoms with E-state index in [4.69, 9.17) is 4.74 Å². The molecule has 0 radical (unpaired) electrons. The van der Waals surface area contributed by atoms with Crippen molar-refractivity contribution in [2.24, 2.45) is 0 Å². The molecule has 11 nitrogen and oxygen atoms in total. The van der Waals surface area contributed by atoms with E-state index >= 15 is 0 Å². The first-order valence-corrected chi connectivity index (χ1v) is 12.6. The van der Waals surface area contributed by atoms with Crippen molar-refractivity contribution in [3.05, 3.63) is 77.0 Å². The Morgan fingerprint density at radius 3 is 2.28 bits per heavy atom. The molecule has 3 rings (SSSR count). The fourth-order valence-electron chi connectivity index (χ4n) is 4.31. The van der Waals surface area contributed by atoms with Crippen LogP contribution in [0.2, 0.25) is 0 Å². The predicted octanol–water partition coefficient (Wildman–Crippen LogP) is 1.88.